The van der Waals surface area contributed by atoms with E-state index in [9.17, 15) is 4.79 Å². The third kappa shape index (κ3) is 5.31. The highest BCUT2D eigenvalue weighted by Gasteiger charge is 2.13. The average molecular weight is 401 g/mol. The maximum atomic E-state index is 12.4. The van der Waals surface area contributed by atoms with Crippen molar-refractivity contribution < 1.29 is 9.53 Å². The molecule has 0 saturated heterocycles. The van der Waals surface area contributed by atoms with Gasteiger partial charge in [0.05, 0.1) is 23.7 Å². The van der Waals surface area contributed by atoms with Crippen LogP contribution in [-0.2, 0) is 11.2 Å². The van der Waals surface area contributed by atoms with Gasteiger partial charge in [-0.2, -0.15) is 0 Å². The Morgan fingerprint density at radius 2 is 2.04 bits per heavy atom. The van der Waals surface area contributed by atoms with Crippen molar-refractivity contribution in [2.45, 2.75) is 13.3 Å². The summed E-state index contributed by atoms with van der Waals surface area (Å²) in [7, 11) is 1.77. The molecule has 140 valence electrons. The van der Waals surface area contributed by atoms with Gasteiger partial charge in [0.1, 0.15) is 17.4 Å². The van der Waals surface area contributed by atoms with Crippen LogP contribution in [0.15, 0.2) is 53.9 Å². The molecule has 2 aromatic carbocycles. The quantitative estimate of drug-likeness (QED) is 0.569. The molecule has 27 heavy (non-hydrogen) atoms. The number of aromatic nitrogens is 1. The summed E-state index contributed by atoms with van der Waals surface area (Å²) in [6.45, 7) is 2.93. The molecule has 0 aliphatic heterocycles. The zero-order valence-corrected chi connectivity index (χ0v) is 16.9. The molecule has 0 atom stereocenters. The van der Waals surface area contributed by atoms with Gasteiger partial charge in [0, 0.05) is 18.0 Å². The monoisotopic (exact) mass is 400 g/mol. The molecule has 0 saturated carbocycles. The number of likely N-dealkylation sites (N-methyl/N-ethyl adjacent to an activating group) is 1. The fourth-order valence-electron chi connectivity index (χ4n) is 2.57. The van der Waals surface area contributed by atoms with Crippen molar-refractivity contribution in [2.24, 2.45) is 0 Å². The second-order valence-electron chi connectivity index (χ2n) is 6.28. The van der Waals surface area contributed by atoms with E-state index in [2.05, 4.69) is 24.0 Å². The summed E-state index contributed by atoms with van der Waals surface area (Å²) in [4.78, 5) is 18.7. The highest BCUT2D eigenvalue weighted by Crippen LogP contribution is 2.25. The van der Waals surface area contributed by atoms with Crippen LogP contribution < -0.4 is 4.74 Å². The Morgan fingerprint density at radius 3 is 2.81 bits per heavy atom. The minimum absolute atomic E-state index is 0.0128. The summed E-state index contributed by atoms with van der Waals surface area (Å²) in [6, 6.07) is 15.5. The summed E-state index contributed by atoms with van der Waals surface area (Å²) in [5, 5.41) is 3.45. The zero-order valence-electron chi connectivity index (χ0n) is 15.3. The second-order valence-corrected chi connectivity index (χ2v) is 7.55. The van der Waals surface area contributed by atoms with Gasteiger partial charge in [-0.1, -0.05) is 47.5 Å². The molecule has 0 aliphatic carbocycles. The fraction of sp³-hybridized carbons (Fsp3) is 0.238. The van der Waals surface area contributed by atoms with E-state index >= 15 is 0 Å². The highest BCUT2D eigenvalue weighted by molar-refractivity contribution is 7.13. The number of carbonyl (C=O) groups excluding carboxylic acids is 1. The Hall–Kier alpha value is -2.37. The molecule has 0 fully saturated rings. The Balaban J connectivity index is 1.52. The van der Waals surface area contributed by atoms with Crippen LogP contribution >= 0.6 is 22.9 Å². The van der Waals surface area contributed by atoms with Gasteiger partial charge in [-0.05, 0) is 25.1 Å². The number of thiazole rings is 1. The van der Waals surface area contributed by atoms with Gasteiger partial charge in [-0.3, -0.25) is 4.79 Å². The van der Waals surface area contributed by atoms with Gasteiger partial charge in [0.15, 0.2) is 0 Å². The van der Waals surface area contributed by atoms with E-state index in [1.54, 1.807) is 29.4 Å². The summed E-state index contributed by atoms with van der Waals surface area (Å²) >= 11 is 7.62. The Morgan fingerprint density at radius 1 is 1.22 bits per heavy atom. The molecule has 0 aliphatic rings. The van der Waals surface area contributed by atoms with Crippen molar-refractivity contribution >= 4 is 28.8 Å². The Bertz CT molecular complexity index is 926. The largest absolute Gasteiger partial charge is 0.490 e. The first-order valence-corrected chi connectivity index (χ1v) is 9.91. The number of aryl methyl sites for hydroxylation is 1. The smallest absolute Gasteiger partial charge is 0.228 e. The van der Waals surface area contributed by atoms with Crippen molar-refractivity contribution in [3.8, 4) is 16.3 Å². The molecule has 1 heterocycles. The number of nitrogens with zero attached hydrogens (tertiary/aromatic N) is 2. The first kappa shape index (κ1) is 19.4. The lowest BCUT2D eigenvalue weighted by molar-refractivity contribution is -0.129. The molecule has 0 bridgehead atoms. The number of amides is 1. The van der Waals surface area contributed by atoms with Gasteiger partial charge in [-0.15, -0.1) is 11.3 Å². The van der Waals surface area contributed by atoms with E-state index in [1.807, 2.05) is 35.7 Å². The van der Waals surface area contributed by atoms with Crippen LogP contribution in [-0.4, -0.2) is 36.0 Å². The van der Waals surface area contributed by atoms with Crippen LogP contribution in [0.1, 0.15) is 11.3 Å². The predicted octanol–water partition coefficient (Wildman–Crippen LogP) is 4.85. The average Bonchev–Trinajstić information content (AvgIpc) is 3.11. The molecule has 1 amide bonds. The lowest BCUT2D eigenvalue weighted by atomic mass is 10.1. The van der Waals surface area contributed by atoms with Crippen LogP contribution in [0.5, 0.6) is 5.75 Å². The van der Waals surface area contributed by atoms with Gasteiger partial charge in [-0.25, -0.2) is 4.98 Å². The summed E-state index contributed by atoms with van der Waals surface area (Å²) in [5.74, 6) is 0.640. The lowest BCUT2D eigenvalue weighted by Gasteiger charge is -2.17. The molecule has 3 aromatic rings. The molecular weight excluding hydrogens is 380 g/mol. The molecule has 0 spiro atoms. The van der Waals surface area contributed by atoms with Gasteiger partial charge in [0.25, 0.3) is 0 Å². The number of para-hydroxylation sites is 1. The molecule has 0 unspecified atom stereocenters. The van der Waals surface area contributed by atoms with Crippen LogP contribution in [0.25, 0.3) is 10.6 Å². The van der Waals surface area contributed by atoms with Crippen LogP contribution in [0.4, 0.5) is 0 Å². The van der Waals surface area contributed by atoms with Gasteiger partial charge >= 0.3 is 0 Å². The van der Waals surface area contributed by atoms with E-state index in [0.717, 1.165) is 16.3 Å². The van der Waals surface area contributed by atoms with E-state index in [1.165, 1.54) is 5.56 Å². The molecular formula is C21H21ClN2O2S. The van der Waals surface area contributed by atoms with Gasteiger partial charge < -0.3 is 9.64 Å². The molecule has 0 radical (unpaired) electrons. The SMILES string of the molecule is Cc1cccc(-c2nc(CC(=O)N(C)CCOc3ccccc3Cl)cs2)c1. The third-order valence-corrected chi connectivity index (χ3v) is 5.35. The molecule has 6 heteroatoms. The van der Waals surface area contributed by atoms with Crippen molar-refractivity contribution in [3.05, 3.63) is 70.2 Å². The number of rotatable bonds is 7. The molecule has 0 N–H and O–H groups in total. The molecule has 4 nitrogen and oxygen atoms in total. The standard InChI is InChI=1S/C21H21ClN2O2S/c1-15-6-5-7-16(12-15)21-23-17(14-27-21)13-20(25)24(2)10-11-26-19-9-4-3-8-18(19)22/h3-9,12,14H,10-11,13H2,1-2H3. The topological polar surface area (TPSA) is 42.4 Å². The van der Waals surface area contributed by atoms with E-state index < -0.39 is 0 Å². The zero-order chi connectivity index (χ0) is 19.2. The maximum absolute atomic E-state index is 12.4. The number of halogens is 1. The second kappa shape index (κ2) is 9.02. The van der Waals surface area contributed by atoms with Crippen LogP contribution in [0.3, 0.4) is 0 Å². The molecule has 3 rings (SSSR count). The van der Waals surface area contributed by atoms with E-state index in [4.69, 9.17) is 16.3 Å². The van der Waals surface area contributed by atoms with Crippen molar-refractivity contribution in [2.75, 3.05) is 20.2 Å². The van der Waals surface area contributed by atoms with Crippen molar-refractivity contribution in [1.82, 2.24) is 9.88 Å². The number of hydrogen-bond acceptors (Lipinski definition) is 4. The minimum atomic E-state index is 0.0128. The third-order valence-electron chi connectivity index (χ3n) is 4.10. The van der Waals surface area contributed by atoms with Crippen LogP contribution in [0, 0.1) is 6.92 Å². The number of carbonyl (C=O) groups is 1. The Kier molecular flexibility index (Phi) is 6.48. The van der Waals surface area contributed by atoms with Gasteiger partial charge in [0.2, 0.25) is 5.91 Å². The summed E-state index contributed by atoms with van der Waals surface area (Å²) < 4.78 is 5.64. The fourth-order valence-corrected chi connectivity index (χ4v) is 3.57. The van der Waals surface area contributed by atoms with Crippen molar-refractivity contribution in [3.63, 3.8) is 0 Å². The maximum Gasteiger partial charge on any atom is 0.228 e. The number of ether oxygens (including phenoxy) is 1. The summed E-state index contributed by atoms with van der Waals surface area (Å²) in [5.41, 5.74) is 3.07. The lowest BCUT2D eigenvalue weighted by Crippen LogP contribution is -2.32. The van der Waals surface area contributed by atoms with E-state index in [0.29, 0.717) is 23.9 Å². The summed E-state index contributed by atoms with van der Waals surface area (Å²) in [6.07, 6.45) is 0.283. The molecule has 1 aromatic heterocycles. The first-order valence-electron chi connectivity index (χ1n) is 8.65. The minimum Gasteiger partial charge on any atom is -0.490 e. The van der Waals surface area contributed by atoms with E-state index in [-0.39, 0.29) is 12.3 Å². The predicted molar refractivity (Wildman–Crippen MR) is 111 cm³/mol. The highest BCUT2D eigenvalue weighted by atomic mass is 35.5. The van der Waals surface area contributed by atoms with Crippen molar-refractivity contribution in [1.29, 1.82) is 0 Å². The number of benzene rings is 2. The Labute approximate surface area is 168 Å². The first-order chi connectivity index (χ1) is 13.0. The van der Waals surface area contributed by atoms with Crippen LogP contribution in [0.2, 0.25) is 5.02 Å². The normalized spacial score (nSPS) is 10.6. The number of hydrogen-bond donors (Lipinski definition) is 0.